The van der Waals surface area contributed by atoms with Crippen LogP contribution in [0.1, 0.15) is 15.2 Å². The monoisotopic (exact) mass is 382 g/mol. The number of carbonyl (C=O) groups is 2. The highest BCUT2D eigenvalue weighted by Gasteiger charge is 2.08. The quantitative estimate of drug-likeness (QED) is 0.638. The number of carbonyl (C=O) groups excluding carboxylic acids is 2. The fraction of sp³-hybridized carbons (Fsp3) is 0.100. The van der Waals surface area contributed by atoms with E-state index in [2.05, 4.69) is 10.9 Å². The lowest BCUT2D eigenvalue weighted by Crippen LogP contribution is -2.43. The summed E-state index contributed by atoms with van der Waals surface area (Å²) < 4.78 is 11.1. The van der Waals surface area contributed by atoms with E-state index in [1.165, 1.54) is 11.3 Å². The number of nitrogens with one attached hydrogen (secondary N) is 2. The van der Waals surface area contributed by atoms with Crippen molar-refractivity contribution in [3.05, 3.63) is 76.5 Å². The van der Waals surface area contributed by atoms with Crippen LogP contribution in [0.4, 0.5) is 0 Å². The van der Waals surface area contributed by atoms with Crippen molar-refractivity contribution in [3.8, 4) is 17.2 Å². The molecular formula is C20H18N2O4S. The second-order valence-electron chi connectivity index (χ2n) is 5.65. The summed E-state index contributed by atoms with van der Waals surface area (Å²) in [5, 5.41) is 1.78. The molecule has 2 amide bonds. The van der Waals surface area contributed by atoms with Gasteiger partial charge in [-0.05, 0) is 54.8 Å². The number of hydrogen-bond acceptors (Lipinski definition) is 5. The Morgan fingerprint density at radius 3 is 2.15 bits per heavy atom. The van der Waals surface area contributed by atoms with Gasteiger partial charge in [-0.25, -0.2) is 0 Å². The Morgan fingerprint density at radius 1 is 0.889 bits per heavy atom. The van der Waals surface area contributed by atoms with E-state index in [-0.39, 0.29) is 12.5 Å². The average Bonchev–Trinajstić information content (AvgIpc) is 3.22. The highest BCUT2D eigenvalue weighted by molar-refractivity contribution is 7.12. The van der Waals surface area contributed by atoms with Crippen LogP contribution in [0.5, 0.6) is 17.2 Å². The first-order chi connectivity index (χ1) is 13.1. The number of rotatable bonds is 6. The zero-order valence-electron chi connectivity index (χ0n) is 14.6. The SMILES string of the molecule is Cc1ccc(Oc2ccc(OCC(=O)NNC(=O)c3cccs3)cc2)cc1. The molecule has 2 aromatic carbocycles. The van der Waals surface area contributed by atoms with E-state index in [0.717, 1.165) is 11.3 Å². The van der Waals surface area contributed by atoms with Crippen LogP contribution in [0.2, 0.25) is 0 Å². The van der Waals surface area contributed by atoms with Gasteiger partial charge in [-0.3, -0.25) is 20.4 Å². The van der Waals surface area contributed by atoms with E-state index in [1.54, 1.807) is 41.8 Å². The zero-order chi connectivity index (χ0) is 19.1. The largest absolute Gasteiger partial charge is 0.484 e. The van der Waals surface area contributed by atoms with Crippen LogP contribution in [0, 0.1) is 6.92 Å². The Balaban J connectivity index is 1.43. The smallest absolute Gasteiger partial charge is 0.279 e. The lowest BCUT2D eigenvalue weighted by molar-refractivity contribution is -0.123. The Kier molecular flexibility index (Phi) is 6.06. The van der Waals surface area contributed by atoms with Gasteiger partial charge >= 0.3 is 0 Å². The molecule has 7 heteroatoms. The third-order valence-corrected chi connectivity index (χ3v) is 4.38. The Bertz CT molecular complexity index is 891. The lowest BCUT2D eigenvalue weighted by Gasteiger charge is -2.09. The van der Waals surface area contributed by atoms with Gasteiger partial charge in [-0.1, -0.05) is 23.8 Å². The first-order valence-corrected chi connectivity index (χ1v) is 9.08. The van der Waals surface area contributed by atoms with Gasteiger partial charge in [-0.15, -0.1) is 11.3 Å². The Morgan fingerprint density at radius 2 is 1.52 bits per heavy atom. The molecule has 2 N–H and O–H groups in total. The van der Waals surface area contributed by atoms with Crippen LogP contribution in [0.3, 0.4) is 0 Å². The van der Waals surface area contributed by atoms with E-state index in [9.17, 15) is 9.59 Å². The van der Waals surface area contributed by atoms with Gasteiger partial charge in [0, 0.05) is 0 Å². The second-order valence-corrected chi connectivity index (χ2v) is 6.60. The van der Waals surface area contributed by atoms with Crippen LogP contribution in [-0.4, -0.2) is 18.4 Å². The molecule has 1 aromatic heterocycles. The molecule has 0 atom stereocenters. The van der Waals surface area contributed by atoms with E-state index in [4.69, 9.17) is 9.47 Å². The minimum atomic E-state index is -0.458. The van der Waals surface area contributed by atoms with Gasteiger partial charge in [0.2, 0.25) is 0 Å². The van der Waals surface area contributed by atoms with Gasteiger partial charge in [-0.2, -0.15) is 0 Å². The molecule has 0 spiro atoms. The average molecular weight is 382 g/mol. The van der Waals surface area contributed by atoms with Crippen LogP contribution in [0.15, 0.2) is 66.0 Å². The van der Waals surface area contributed by atoms with Crippen molar-refractivity contribution >= 4 is 23.2 Å². The molecule has 27 heavy (non-hydrogen) atoms. The highest BCUT2D eigenvalue weighted by Crippen LogP contribution is 2.24. The van der Waals surface area contributed by atoms with Crippen molar-refractivity contribution in [1.82, 2.24) is 10.9 Å². The number of amides is 2. The summed E-state index contributed by atoms with van der Waals surface area (Å²) in [7, 11) is 0. The number of benzene rings is 2. The molecule has 1 heterocycles. The Labute approximate surface area is 160 Å². The fourth-order valence-corrected chi connectivity index (χ4v) is 2.75. The summed E-state index contributed by atoms with van der Waals surface area (Å²) in [5.74, 6) is 1.11. The minimum Gasteiger partial charge on any atom is -0.484 e. The summed E-state index contributed by atoms with van der Waals surface area (Å²) in [5.41, 5.74) is 5.80. The molecule has 138 valence electrons. The van der Waals surface area contributed by atoms with Crippen molar-refractivity contribution in [2.75, 3.05) is 6.61 Å². The molecular weight excluding hydrogens is 364 g/mol. The van der Waals surface area contributed by atoms with E-state index >= 15 is 0 Å². The predicted molar refractivity (Wildman–Crippen MR) is 103 cm³/mol. The highest BCUT2D eigenvalue weighted by atomic mass is 32.1. The molecule has 6 nitrogen and oxygen atoms in total. The topological polar surface area (TPSA) is 76.7 Å². The zero-order valence-corrected chi connectivity index (χ0v) is 15.4. The summed E-state index contributed by atoms with van der Waals surface area (Å²) in [4.78, 5) is 24.0. The lowest BCUT2D eigenvalue weighted by atomic mass is 10.2. The number of thiophene rings is 1. The number of hydrazine groups is 1. The first kappa shape index (κ1) is 18.5. The molecule has 0 unspecified atom stereocenters. The van der Waals surface area contributed by atoms with Gasteiger partial charge in [0.15, 0.2) is 6.61 Å². The normalized spacial score (nSPS) is 10.1. The van der Waals surface area contributed by atoms with Crippen LogP contribution in [-0.2, 0) is 4.79 Å². The number of ether oxygens (including phenoxy) is 2. The molecule has 0 bridgehead atoms. The molecule has 3 rings (SSSR count). The first-order valence-electron chi connectivity index (χ1n) is 8.20. The molecule has 3 aromatic rings. The van der Waals surface area contributed by atoms with Gasteiger partial charge < -0.3 is 9.47 Å². The van der Waals surface area contributed by atoms with Gasteiger partial charge in [0.05, 0.1) is 4.88 Å². The number of aryl methyl sites for hydroxylation is 1. The maximum Gasteiger partial charge on any atom is 0.279 e. The fourth-order valence-electron chi connectivity index (χ4n) is 2.13. The third-order valence-electron chi connectivity index (χ3n) is 3.51. The molecule has 0 aliphatic heterocycles. The predicted octanol–water partition coefficient (Wildman–Crippen LogP) is 3.69. The number of hydrogen-bond donors (Lipinski definition) is 2. The summed E-state index contributed by atoms with van der Waals surface area (Å²) in [6.07, 6.45) is 0. The molecule has 0 saturated heterocycles. The minimum absolute atomic E-state index is 0.219. The maximum absolute atomic E-state index is 11.8. The van der Waals surface area contributed by atoms with E-state index in [1.807, 2.05) is 31.2 Å². The summed E-state index contributed by atoms with van der Waals surface area (Å²) in [6, 6.07) is 18.1. The van der Waals surface area contributed by atoms with E-state index in [0.29, 0.717) is 16.4 Å². The molecule has 0 radical (unpaired) electrons. The van der Waals surface area contributed by atoms with Crippen molar-refractivity contribution < 1.29 is 19.1 Å². The standard InChI is InChI=1S/C20H18N2O4S/c1-14-4-6-16(7-5-14)26-17-10-8-15(9-11-17)25-13-19(23)21-22-20(24)18-3-2-12-27-18/h2-12H,13H2,1H3,(H,21,23)(H,22,24). The van der Waals surface area contributed by atoms with Gasteiger partial charge in [0.1, 0.15) is 17.2 Å². The summed E-state index contributed by atoms with van der Waals surface area (Å²) in [6.45, 7) is 1.79. The van der Waals surface area contributed by atoms with Crippen LogP contribution >= 0.6 is 11.3 Å². The van der Waals surface area contributed by atoms with Crippen molar-refractivity contribution in [3.63, 3.8) is 0 Å². The van der Waals surface area contributed by atoms with Crippen molar-refractivity contribution in [2.45, 2.75) is 6.92 Å². The maximum atomic E-state index is 11.8. The second kappa shape index (κ2) is 8.86. The summed E-state index contributed by atoms with van der Waals surface area (Å²) >= 11 is 1.29. The molecule has 0 fully saturated rings. The molecule has 0 saturated carbocycles. The molecule has 0 aliphatic rings. The third kappa shape index (κ3) is 5.58. The van der Waals surface area contributed by atoms with Crippen molar-refractivity contribution in [2.24, 2.45) is 0 Å². The van der Waals surface area contributed by atoms with Gasteiger partial charge in [0.25, 0.3) is 11.8 Å². The van der Waals surface area contributed by atoms with Crippen LogP contribution < -0.4 is 20.3 Å². The van der Waals surface area contributed by atoms with Crippen LogP contribution in [0.25, 0.3) is 0 Å². The van der Waals surface area contributed by atoms with Crippen molar-refractivity contribution in [1.29, 1.82) is 0 Å². The van der Waals surface area contributed by atoms with E-state index < -0.39 is 5.91 Å². The Hall–Kier alpha value is -3.32. The molecule has 0 aliphatic carbocycles.